The highest BCUT2D eigenvalue weighted by atomic mass is 32.2. The Labute approximate surface area is 219 Å². The predicted octanol–water partition coefficient (Wildman–Crippen LogP) is 2.61. The quantitative estimate of drug-likeness (QED) is 0.238. The topological polar surface area (TPSA) is 118 Å². The van der Waals surface area contributed by atoms with Gasteiger partial charge in [-0.25, -0.2) is 13.3 Å². The van der Waals surface area contributed by atoms with Gasteiger partial charge in [-0.3, -0.25) is 9.59 Å². The second-order valence-electron chi connectivity index (χ2n) is 8.59. The number of aryl methyl sites for hydroxylation is 1. The molecule has 38 heavy (non-hydrogen) atoms. The van der Waals surface area contributed by atoms with Crippen molar-refractivity contribution in [1.29, 1.82) is 0 Å². The van der Waals surface area contributed by atoms with Crippen LogP contribution < -0.4 is 10.6 Å². The van der Waals surface area contributed by atoms with E-state index >= 15 is 0 Å². The van der Waals surface area contributed by atoms with E-state index in [0.717, 1.165) is 14.3 Å². The SMILES string of the molecule is CN(C)S(=O)(=O)n1cc(C=C(NC(=O)c2ccccc2F)C(=O)NCCCn2ccnc2)c2ccccc21. The highest BCUT2D eigenvalue weighted by molar-refractivity contribution is 7.87. The molecule has 0 aliphatic rings. The number of carbonyl (C=O) groups excluding carboxylic acids is 2. The van der Waals surface area contributed by atoms with Crippen molar-refractivity contribution in [3.05, 3.63) is 96.1 Å². The minimum absolute atomic E-state index is 0.161. The molecule has 2 amide bonds. The normalized spacial score (nSPS) is 12.2. The Morgan fingerprint density at radius 3 is 2.55 bits per heavy atom. The molecule has 0 unspecified atom stereocenters. The van der Waals surface area contributed by atoms with Gasteiger partial charge in [0, 0.05) is 56.7 Å². The van der Waals surface area contributed by atoms with Gasteiger partial charge in [-0.2, -0.15) is 12.7 Å². The fourth-order valence-electron chi connectivity index (χ4n) is 3.78. The molecule has 198 valence electrons. The van der Waals surface area contributed by atoms with E-state index in [1.807, 2.05) is 4.57 Å². The minimum atomic E-state index is -3.87. The molecule has 10 nitrogen and oxygen atoms in total. The number of hydrogen-bond acceptors (Lipinski definition) is 5. The van der Waals surface area contributed by atoms with Gasteiger partial charge >= 0.3 is 10.2 Å². The van der Waals surface area contributed by atoms with Crippen molar-refractivity contribution in [3.63, 3.8) is 0 Å². The summed E-state index contributed by atoms with van der Waals surface area (Å²) in [5, 5.41) is 5.80. The monoisotopic (exact) mass is 538 g/mol. The lowest BCUT2D eigenvalue weighted by Crippen LogP contribution is -2.35. The largest absolute Gasteiger partial charge is 0.351 e. The Bertz CT molecular complexity index is 1590. The zero-order valence-corrected chi connectivity index (χ0v) is 21.7. The van der Waals surface area contributed by atoms with Crippen molar-refractivity contribution in [2.75, 3.05) is 20.6 Å². The summed E-state index contributed by atoms with van der Waals surface area (Å²) in [4.78, 5) is 30.0. The molecule has 0 bridgehead atoms. The first-order chi connectivity index (χ1) is 18.2. The zero-order chi connectivity index (χ0) is 27.3. The Hall–Kier alpha value is -4.29. The van der Waals surface area contributed by atoms with E-state index in [4.69, 9.17) is 0 Å². The van der Waals surface area contributed by atoms with Crippen LogP contribution in [0.3, 0.4) is 0 Å². The first-order valence-corrected chi connectivity index (χ1v) is 13.1. The van der Waals surface area contributed by atoms with Crippen LogP contribution in [-0.2, 0) is 21.5 Å². The van der Waals surface area contributed by atoms with Crippen LogP contribution in [0.4, 0.5) is 4.39 Å². The molecule has 4 aromatic rings. The number of benzene rings is 2. The molecule has 4 rings (SSSR count). The molecule has 0 radical (unpaired) electrons. The Balaban J connectivity index is 1.68. The van der Waals surface area contributed by atoms with E-state index in [2.05, 4.69) is 15.6 Å². The van der Waals surface area contributed by atoms with Crippen LogP contribution in [-0.4, -0.2) is 58.7 Å². The van der Waals surface area contributed by atoms with Crippen molar-refractivity contribution in [3.8, 4) is 0 Å². The number of fused-ring (bicyclic) bond motifs is 1. The van der Waals surface area contributed by atoms with Crippen molar-refractivity contribution in [2.45, 2.75) is 13.0 Å². The van der Waals surface area contributed by atoms with Gasteiger partial charge in [0.2, 0.25) is 0 Å². The second kappa shape index (κ2) is 11.4. The van der Waals surface area contributed by atoms with Crippen molar-refractivity contribution in [1.82, 2.24) is 28.5 Å². The average Bonchev–Trinajstić information content (AvgIpc) is 3.55. The zero-order valence-electron chi connectivity index (χ0n) is 20.8. The van der Waals surface area contributed by atoms with Crippen LogP contribution in [0.1, 0.15) is 22.3 Å². The number of imidazole rings is 1. The predicted molar refractivity (Wildman–Crippen MR) is 142 cm³/mol. The third kappa shape index (κ3) is 5.82. The van der Waals surface area contributed by atoms with Gasteiger partial charge in [0.05, 0.1) is 17.4 Å². The lowest BCUT2D eigenvalue weighted by molar-refractivity contribution is -0.117. The number of carbonyl (C=O) groups is 2. The maximum absolute atomic E-state index is 14.3. The van der Waals surface area contributed by atoms with Gasteiger partial charge in [-0.15, -0.1) is 0 Å². The first kappa shape index (κ1) is 26.8. The lowest BCUT2D eigenvalue weighted by atomic mass is 10.1. The van der Waals surface area contributed by atoms with Gasteiger partial charge in [0.25, 0.3) is 11.8 Å². The third-order valence-electron chi connectivity index (χ3n) is 5.77. The minimum Gasteiger partial charge on any atom is -0.351 e. The van der Waals surface area contributed by atoms with Crippen LogP contribution in [0.5, 0.6) is 0 Å². The summed E-state index contributed by atoms with van der Waals surface area (Å²) in [5.41, 5.74) is 0.381. The van der Waals surface area contributed by atoms with Gasteiger partial charge in [0.15, 0.2) is 0 Å². The molecule has 0 fully saturated rings. The Morgan fingerprint density at radius 2 is 1.84 bits per heavy atom. The van der Waals surface area contributed by atoms with E-state index in [1.165, 1.54) is 44.6 Å². The molecule has 0 spiro atoms. The number of para-hydroxylation sites is 1. The molecule has 12 heteroatoms. The summed E-state index contributed by atoms with van der Waals surface area (Å²) in [7, 11) is -1.05. The van der Waals surface area contributed by atoms with Gasteiger partial charge in [-0.05, 0) is 30.7 Å². The molecule has 0 aliphatic carbocycles. The molecule has 2 heterocycles. The number of rotatable bonds is 10. The number of nitrogens with zero attached hydrogens (tertiary/aromatic N) is 4. The maximum atomic E-state index is 14.3. The van der Waals surface area contributed by atoms with Crippen LogP contribution in [0, 0.1) is 5.82 Å². The van der Waals surface area contributed by atoms with E-state index in [-0.39, 0.29) is 11.3 Å². The summed E-state index contributed by atoms with van der Waals surface area (Å²) in [5.74, 6) is -2.15. The number of nitrogens with one attached hydrogen (secondary N) is 2. The van der Waals surface area contributed by atoms with Crippen LogP contribution in [0.25, 0.3) is 17.0 Å². The molecule has 0 atom stereocenters. The summed E-state index contributed by atoms with van der Waals surface area (Å²) < 4.78 is 44.1. The molecule has 0 saturated heterocycles. The lowest BCUT2D eigenvalue weighted by Gasteiger charge is -2.13. The molecular formula is C26H27FN6O4S. The Kier molecular flexibility index (Phi) is 8.03. The summed E-state index contributed by atoms with van der Waals surface area (Å²) in [6, 6.07) is 12.2. The molecule has 0 aliphatic heterocycles. The van der Waals surface area contributed by atoms with Crippen molar-refractivity contribution in [2.24, 2.45) is 0 Å². The second-order valence-corrected chi connectivity index (χ2v) is 10.6. The third-order valence-corrected chi connectivity index (χ3v) is 7.49. The molecular weight excluding hydrogens is 511 g/mol. The van der Waals surface area contributed by atoms with E-state index in [9.17, 15) is 22.4 Å². The van der Waals surface area contributed by atoms with Crippen LogP contribution in [0.15, 0.2) is 79.1 Å². The number of aromatic nitrogens is 3. The molecule has 0 saturated carbocycles. The summed E-state index contributed by atoms with van der Waals surface area (Å²) in [6.45, 7) is 0.914. The van der Waals surface area contributed by atoms with Gasteiger partial charge in [0.1, 0.15) is 11.5 Å². The highest BCUT2D eigenvalue weighted by Gasteiger charge is 2.22. The smallest absolute Gasteiger partial charge is 0.307 e. The van der Waals surface area contributed by atoms with Crippen LogP contribution >= 0.6 is 0 Å². The summed E-state index contributed by atoms with van der Waals surface area (Å²) >= 11 is 0. The van der Waals surface area contributed by atoms with E-state index < -0.39 is 27.8 Å². The van der Waals surface area contributed by atoms with Gasteiger partial charge in [-0.1, -0.05) is 30.3 Å². The fraction of sp³-hybridized carbons (Fsp3) is 0.192. The fourth-order valence-corrected chi connectivity index (χ4v) is 4.79. The molecule has 2 N–H and O–H groups in total. The Morgan fingerprint density at radius 1 is 1.11 bits per heavy atom. The van der Waals surface area contributed by atoms with Gasteiger partial charge < -0.3 is 15.2 Å². The highest BCUT2D eigenvalue weighted by Crippen LogP contribution is 2.25. The molecule has 2 aromatic carbocycles. The number of halogens is 1. The van der Waals surface area contributed by atoms with E-state index in [0.29, 0.717) is 36.0 Å². The van der Waals surface area contributed by atoms with Crippen LogP contribution in [0.2, 0.25) is 0 Å². The van der Waals surface area contributed by atoms with Crippen molar-refractivity contribution < 1.29 is 22.4 Å². The first-order valence-electron chi connectivity index (χ1n) is 11.7. The average molecular weight is 539 g/mol. The standard InChI is InChI=1S/C26H27FN6O4S/c1-31(2)38(36,37)33-17-19(20-8-4-6-11-24(20)33)16-23(30-25(34)21-9-3-5-10-22(21)27)26(35)29-12-7-14-32-15-13-28-18-32/h3-6,8-11,13,15-18H,7,12,14H2,1-2H3,(H,29,35)(H,30,34). The van der Waals surface area contributed by atoms with Crippen molar-refractivity contribution >= 4 is 39.0 Å². The number of amides is 2. The summed E-state index contributed by atoms with van der Waals surface area (Å²) in [6.07, 6.45) is 8.48. The number of hydrogen-bond donors (Lipinski definition) is 2. The van der Waals surface area contributed by atoms with E-state index in [1.54, 1.807) is 43.0 Å². The maximum Gasteiger partial charge on any atom is 0.307 e. The molecule has 2 aromatic heterocycles.